The molecule has 0 bridgehead atoms. The normalized spacial score (nSPS) is 15.5. The van der Waals surface area contributed by atoms with Gasteiger partial charge in [0.25, 0.3) is 0 Å². The zero-order valence-corrected chi connectivity index (χ0v) is 16.4. The van der Waals surface area contributed by atoms with E-state index in [-0.39, 0.29) is 18.5 Å². The molecule has 1 aliphatic carbocycles. The molecule has 30 heavy (non-hydrogen) atoms. The fourth-order valence-corrected chi connectivity index (χ4v) is 3.81. The van der Waals surface area contributed by atoms with Crippen molar-refractivity contribution in [2.24, 2.45) is 0 Å². The average molecular weight is 405 g/mol. The van der Waals surface area contributed by atoms with Crippen LogP contribution in [-0.2, 0) is 10.2 Å². The molecular formula is C24H20FNO4. The van der Waals surface area contributed by atoms with Gasteiger partial charge in [0.1, 0.15) is 11.6 Å². The molecule has 3 aromatic carbocycles. The lowest BCUT2D eigenvalue weighted by Crippen LogP contribution is -2.27. The summed E-state index contributed by atoms with van der Waals surface area (Å²) >= 11 is 0. The van der Waals surface area contributed by atoms with E-state index in [1.54, 1.807) is 43.5 Å². The second-order valence-electron chi connectivity index (χ2n) is 7.53. The Bertz CT molecular complexity index is 1120. The van der Waals surface area contributed by atoms with Crippen LogP contribution >= 0.6 is 0 Å². The molecule has 0 atom stereocenters. The van der Waals surface area contributed by atoms with Gasteiger partial charge in [-0.2, -0.15) is 0 Å². The number of carbonyl (C=O) groups excluding carboxylic acids is 1. The van der Waals surface area contributed by atoms with Gasteiger partial charge in [0.2, 0.25) is 12.7 Å². The fourth-order valence-electron chi connectivity index (χ4n) is 3.81. The number of hydrogen-bond acceptors (Lipinski definition) is 4. The second-order valence-corrected chi connectivity index (χ2v) is 7.53. The van der Waals surface area contributed by atoms with Gasteiger partial charge in [0.05, 0.1) is 12.5 Å². The van der Waals surface area contributed by atoms with E-state index in [1.165, 1.54) is 6.07 Å². The molecule has 152 valence electrons. The van der Waals surface area contributed by atoms with Crippen molar-refractivity contribution in [3.8, 4) is 28.4 Å². The number of halogens is 1. The smallest absolute Gasteiger partial charge is 0.235 e. The third kappa shape index (κ3) is 3.14. The summed E-state index contributed by atoms with van der Waals surface area (Å²) in [7, 11) is 1.58. The van der Waals surface area contributed by atoms with E-state index < -0.39 is 5.41 Å². The van der Waals surface area contributed by atoms with Crippen molar-refractivity contribution >= 4 is 11.6 Å². The van der Waals surface area contributed by atoms with Crippen LogP contribution in [0.15, 0.2) is 60.7 Å². The van der Waals surface area contributed by atoms with Crippen LogP contribution in [0.5, 0.6) is 17.2 Å². The topological polar surface area (TPSA) is 56.8 Å². The summed E-state index contributed by atoms with van der Waals surface area (Å²) in [6.45, 7) is 0.196. The Morgan fingerprint density at radius 3 is 2.50 bits per heavy atom. The first-order valence-corrected chi connectivity index (χ1v) is 9.75. The molecule has 0 radical (unpaired) electrons. The van der Waals surface area contributed by atoms with Crippen LogP contribution in [-0.4, -0.2) is 19.8 Å². The number of hydrogen-bond donors (Lipinski definition) is 1. The second kappa shape index (κ2) is 7.06. The average Bonchev–Trinajstić information content (AvgIpc) is 3.46. The van der Waals surface area contributed by atoms with Crippen molar-refractivity contribution in [1.82, 2.24) is 0 Å². The SMILES string of the molecule is COc1ccc(-c2cc(NC(=O)C3(c4ccc5c(c4)OCO5)CC3)ccc2F)cc1. The first kappa shape index (κ1) is 18.5. The van der Waals surface area contributed by atoms with E-state index in [0.717, 1.165) is 18.4 Å². The monoisotopic (exact) mass is 405 g/mol. The van der Waals surface area contributed by atoms with Crippen LogP contribution in [0.1, 0.15) is 18.4 Å². The van der Waals surface area contributed by atoms with Gasteiger partial charge in [0.15, 0.2) is 11.5 Å². The summed E-state index contributed by atoms with van der Waals surface area (Å²) in [4.78, 5) is 13.1. The Kier molecular flexibility index (Phi) is 4.35. The van der Waals surface area contributed by atoms with Gasteiger partial charge in [-0.3, -0.25) is 4.79 Å². The number of rotatable bonds is 5. The summed E-state index contributed by atoms with van der Waals surface area (Å²) < 4.78 is 30.4. The van der Waals surface area contributed by atoms with Crippen LogP contribution in [0.3, 0.4) is 0 Å². The van der Waals surface area contributed by atoms with Crippen LogP contribution in [0.4, 0.5) is 10.1 Å². The minimum absolute atomic E-state index is 0.103. The zero-order chi connectivity index (χ0) is 20.7. The van der Waals surface area contributed by atoms with Crippen LogP contribution in [0.25, 0.3) is 11.1 Å². The maximum Gasteiger partial charge on any atom is 0.235 e. The van der Waals surface area contributed by atoms with E-state index in [2.05, 4.69) is 5.32 Å². The minimum Gasteiger partial charge on any atom is -0.497 e. The largest absolute Gasteiger partial charge is 0.497 e. The Labute approximate surface area is 173 Å². The molecule has 0 spiro atoms. The highest BCUT2D eigenvalue weighted by Crippen LogP contribution is 2.51. The Morgan fingerprint density at radius 1 is 1.00 bits per heavy atom. The Morgan fingerprint density at radius 2 is 1.77 bits per heavy atom. The molecule has 1 N–H and O–H groups in total. The Hall–Kier alpha value is -3.54. The number of carbonyl (C=O) groups is 1. The molecule has 6 heteroatoms. The van der Waals surface area contributed by atoms with Crippen molar-refractivity contribution in [2.45, 2.75) is 18.3 Å². The quantitative estimate of drug-likeness (QED) is 0.656. The lowest BCUT2D eigenvalue weighted by atomic mass is 9.94. The van der Waals surface area contributed by atoms with Gasteiger partial charge in [-0.25, -0.2) is 4.39 Å². The molecule has 2 aliphatic rings. The fraction of sp³-hybridized carbons (Fsp3) is 0.208. The standard InChI is InChI=1S/C24H20FNO4/c1-28-18-6-2-15(3-7-18)19-13-17(5-8-20(19)25)26-23(27)24(10-11-24)16-4-9-21-22(12-16)30-14-29-21/h2-9,12-13H,10-11,14H2,1H3,(H,26,27). The number of benzene rings is 3. The summed E-state index contributed by atoms with van der Waals surface area (Å²) in [5.74, 6) is 1.60. The van der Waals surface area contributed by atoms with E-state index in [0.29, 0.717) is 34.1 Å². The van der Waals surface area contributed by atoms with Crippen LogP contribution in [0.2, 0.25) is 0 Å². The maximum atomic E-state index is 14.4. The van der Waals surface area contributed by atoms with Crippen molar-refractivity contribution in [3.05, 3.63) is 72.0 Å². The highest BCUT2D eigenvalue weighted by Gasteiger charge is 2.51. The molecule has 0 saturated heterocycles. The molecule has 5 nitrogen and oxygen atoms in total. The molecule has 5 rings (SSSR count). The molecule has 1 fully saturated rings. The third-order valence-corrected chi connectivity index (χ3v) is 5.74. The molecule has 1 aliphatic heterocycles. The van der Waals surface area contributed by atoms with E-state index in [1.807, 2.05) is 18.2 Å². The highest BCUT2D eigenvalue weighted by molar-refractivity contribution is 6.01. The first-order chi connectivity index (χ1) is 14.6. The lowest BCUT2D eigenvalue weighted by Gasteiger charge is -2.17. The minimum atomic E-state index is -0.588. The number of fused-ring (bicyclic) bond motifs is 1. The van der Waals surface area contributed by atoms with Crippen molar-refractivity contribution in [3.63, 3.8) is 0 Å². The van der Waals surface area contributed by atoms with Crippen LogP contribution < -0.4 is 19.5 Å². The lowest BCUT2D eigenvalue weighted by molar-refractivity contribution is -0.118. The number of ether oxygens (including phenoxy) is 3. The molecule has 1 heterocycles. The molecule has 3 aromatic rings. The summed E-state index contributed by atoms with van der Waals surface area (Å²) in [5, 5.41) is 2.97. The number of methoxy groups -OCH3 is 1. The first-order valence-electron chi connectivity index (χ1n) is 9.75. The summed E-state index contributed by atoms with van der Waals surface area (Å²) in [5.41, 5.74) is 2.00. The van der Waals surface area contributed by atoms with Crippen molar-refractivity contribution < 1.29 is 23.4 Å². The van der Waals surface area contributed by atoms with Crippen molar-refractivity contribution in [2.75, 3.05) is 19.2 Å². The van der Waals surface area contributed by atoms with E-state index in [4.69, 9.17) is 14.2 Å². The molecule has 1 saturated carbocycles. The van der Waals surface area contributed by atoms with Gasteiger partial charge in [0, 0.05) is 11.3 Å². The third-order valence-electron chi connectivity index (χ3n) is 5.74. The molecular weight excluding hydrogens is 385 g/mol. The van der Waals surface area contributed by atoms with Gasteiger partial charge < -0.3 is 19.5 Å². The predicted octanol–water partition coefficient (Wildman–Crippen LogP) is 4.90. The van der Waals surface area contributed by atoms with Gasteiger partial charge in [-0.1, -0.05) is 18.2 Å². The maximum absolute atomic E-state index is 14.4. The number of amides is 1. The van der Waals surface area contributed by atoms with Gasteiger partial charge in [-0.05, 0) is 66.4 Å². The van der Waals surface area contributed by atoms with Gasteiger partial charge in [-0.15, -0.1) is 0 Å². The highest BCUT2D eigenvalue weighted by atomic mass is 19.1. The predicted molar refractivity (Wildman–Crippen MR) is 110 cm³/mol. The molecule has 1 amide bonds. The van der Waals surface area contributed by atoms with Crippen LogP contribution in [0, 0.1) is 5.82 Å². The summed E-state index contributed by atoms with van der Waals surface area (Å²) in [6.07, 6.45) is 1.51. The Balaban J connectivity index is 1.39. The van der Waals surface area contributed by atoms with Crippen molar-refractivity contribution in [1.29, 1.82) is 0 Å². The molecule has 0 aromatic heterocycles. The van der Waals surface area contributed by atoms with E-state index >= 15 is 0 Å². The van der Waals surface area contributed by atoms with Gasteiger partial charge >= 0.3 is 0 Å². The number of nitrogens with one attached hydrogen (secondary N) is 1. The van der Waals surface area contributed by atoms with E-state index in [9.17, 15) is 9.18 Å². The zero-order valence-electron chi connectivity index (χ0n) is 16.4. The summed E-state index contributed by atoms with van der Waals surface area (Å²) in [6, 6.07) is 17.4. The number of anilines is 1. The molecule has 0 unspecified atom stereocenters.